The van der Waals surface area contributed by atoms with Gasteiger partial charge in [-0.1, -0.05) is 37.1 Å². The van der Waals surface area contributed by atoms with E-state index in [4.69, 9.17) is 11.6 Å². The van der Waals surface area contributed by atoms with Gasteiger partial charge in [-0.2, -0.15) is 0 Å². The second-order valence-corrected chi connectivity index (χ2v) is 4.92. The Labute approximate surface area is 128 Å². The van der Waals surface area contributed by atoms with Crippen LogP contribution in [0.3, 0.4) is 0 Å². The summed E-state index contributed by atoms with van der Waals surface area (Å²) in [6, 6.07) is 7.06. The predicted molar refractivity (Wildman–Crippen MR) is 84.8 cm³/mol. The van der Waals surface area contributed by atoms with E-state index in [1.54, 1.807) is 24.3 Å². The molecule has 0 unspecified atom stereocenters. The first-order chi connectivity index (χ1) is 10.2. The van der Waals surface area contributed by atoms with Crippen LogP contribution in [0, 0.1) is 0 Å². The summed E-state index contributed by atoms with van der Waals surface area (Å²) in [6.45, 7) is 2.94. The summed E-state index contributed by atoms with van der Waals surface area (Å²) in [5.74, 6) is 0.237. The molecule has 1 amide bonds. The quantitative estimate of drug-likeness (QED) is 0.800. The molecule has 2 aromatic rings. The molecule has 0 saturated carbocycles. The van der Waals surface area contributed by atoms with Gasteiger partial charge in [0.25, 0.3) is 5.91 Å². The number of carbonyl (C=O) groups is 1. The SMILES string of the molecule is CCCCNc1ncc(C(=O)Nc2ccccc2Cl)cn1. The lowest BCUT2D eigenvalue weighted by atomic mass is 10.3. The maximum atomic E-state index is 12.1. The highest BCUT2D eigenvalue weighted by molar-refractivity contribution is 6.33. The Morgan fingerprint density at radius 3 is 2.62 bits per heavy atom. The summed E-state index contributed by atoms with van der Waals surface area (Å²) in [5.41, 5.74) is 0.949. The van der Waals surface area contributed by atoms with Gasteiger partial charge in [-0.05, 0) is 18.6 Å². The minimum absolute atomic E-state index is 0.289. The number of aromatic nitrogens is 2. The normalized spacial score (nSPS) is 10.2. The lowest BCUT2D eigenvalue weighted by Gasteiger charge is -2.07. The number of unbranched alkanes of at least 4 members (excludes halogenated alkanes) is 1. The van der Waals surface area contributed by atoms with Gasteiger partial charge in [0.2, 0.25) is 5.95 Å². The number of anilines is 2. The third-order valence-electron chi connectivity index (χ3n) is 2.85. The molecule has 0 atom stereocenters. The predicted octanol–water partition coefficient (Wildman–Crippen LogP) is 3.59. The Bertz CT molecular complexity index is 601. The monoisotopic (exact) mass is 304 g/mol. The van der Waals surface area contributed by atoms with Gasteiger partial charge in [-0.15, -0.1) is 0 Å². The Morgan fingerprint density at radius 1 is 1.24 bits per heavy atom. The summed E-state index contributed by atoms with van der Waals surface area (Å²) in [7, 11) is 0. The van der Waals surface area contributed by atoms with Crippen molar-refractivity contribution in [1.82, 2.24) is 9.97 Å². The van der Waals surface area contributed by atoms with Gasteiger partial charge in [0.05, 0.1) is 16.3 Å². The molecule has 0 aliphatic heterocycles. The standard InChI is InChI=1S/C15H17ClN4O/c1-2-3-8-17-15-18-9-11(10-19-15)14(21)20-13-7-5-4-6-12(13)16/h4-7,9-10H,2-3,8H2,1H3,(H,20,21)(H,17,18,19). The highest BCUT2D eigenvalue weighted by atomic mass is 35.5. The van der Waals surface area contributed by atoms with E-state index in [2.05, 4.69) is 27.5 Å². The van der Waals surface area contributed by atoms with Crippen LogP contribution < -0.4 is 10.6 Å². The maximum absolute atomic E-state index is 12.1. The second-order valence-electron chi connectivity index (χ2n) is 4.51. The highest BCUT2D eigenvalue weighted by Crippen LogP contribution is 2.21. The van der Waals surface area contributed by atoms with Crippen LogP contribution in [0.25, 0.3) is 0 Å². The van der Waals surface area contributed by atoms with E-state index in [0.717, 1.165) is 19.4 Å². The summed E-state index contributed by atoms with van der Waals surface area (Å²) in [6.07, 6.45) is 5.14. The number of amides is 1. The number of benzene rings is 1. The zero-order chi connectivity index (χ0) is 15.1. The van der Waals surface area contributed by atoms with Crippen molar-refractivity contribution in [2.45, 2.75) is 19.8 Å². The van der Waals surface area contributed by atoms with Crippen molar-refractivity contribution in [1.29, 1.82) is 0 Å². The van der Waals surface area contributed by atoms with E-state index in [0.29, 0.717) is 22.2 Å². The molecule has 2 N–H and O–H groups in total. The smallest absolute Gasteiger partial charge is 0.258 e. The molecule has 0 radical (unpaired) electrons. The molecule has 1 heterocycles. The van der Waals surface area contributed by atoms with Gasteiger partial charge in [-0.3, -0.25) is 4.79 Å². The molecular formula is C15H17ClN4O. The first-order valence-electron chi connectivity index (χ1n) is 6.82. The van der Waals surface area contributed by atoms with Crippen LogP contribution >= 0.6 is 11.6 Å². The van der Waals surface area contributed by atoms with Crippen molar-refractivity contribution in [3.8, 4) is 0 Å². The van der Waals surface area contributed by atoms with E-state index in [1.165, 1.54) is 12.4 Å². The van der Waals surface area contributed by atoms with Crippen molar-refractivity contribution in [2.75, 3.05) is 17.2 Å². The van der Waals surface area contributed by atoms with Crippen LogP contribution in [0.15, 0.2) is 36.7 Å². The first-order valence-corrected chi connectivity index (χ1v) is 7.20. The molecule has 0 spiro atoms. The second kappa shape index (κ2) is 7.59. The van der Waals surface area contributed by atoms with Crippen molar-refractivity contribution < 1.29 is 4.79 Å². The van der Waals surface area contributed by atoms with Crippen molar-refractivity contribution in [3.05, 3.63) is 47.2 Å². The number of rotatable bonds is 6. The average Bonchev–Trinajstić information content (AvgIpc) is 2.50. The molecule has 2 rings (SSSR count). The number of hydrogen-bond acceptors (Lipinski definition) is 4. The van der Waals surface area contributed by atoms with Gasteiger partial charge >= 0.3 is 0 Å². The van der Waals surface area contributed by atoms with E-state index in [9.17, 15) is 4.79 Å². The van der Waals surface area contributed by atoms with Gasteiger partial charge in [0, 0.05) is 18.9 Å². The number of hydrogen-bond donors (Lipinski definition) is 2. The summed E-state index contributed by atoms with van der Waals surface area (Å²) in [5, 5.41) is 6.31. The molecule has 0 aliphatic carbocycles. The van der Waals surface area contributed by atoms with Crippen LogP contribution in [0.4, 0.5) is 11.6 Å². The molecule has 0 fully saturated rings. The van der Waals surface area contributed by atoms with Crippen LogP contribution in [-0.4, -0.2) is 22.4 Å². The van der Waals surface area contributed by atoms with Crippen LogP contribution in [0.1, 0.15) is 30.1 Å². The van der Waals surface area contributed by atoms with Crippen LogP contribution in [0.5, 0.6) is 0 Å². The molecule has 0 bridgehead atoms. The fourth-order valence-electron chi connectivity index (χ4n) is 1.67. The Hall–Kier alpha value is -2.14. The molecule has 0 saturated heterocycles. The molecule has 0 aliphatic rings. The van der Waals surface area contributed by atoms with Crippen molar-refractivity contribution in [2.24, 2.45) is 0 Å². The van der Waals surface area contributed by atoms with E-state index < -0.39 is 0 Å². The number of para-hydroxylation sites is 1. The van der Waals surface area contributed by atoms with Crippen LogP contribution in [-0.2, 0) is 0 Å². The van der Waals surface area contributed by atoms with Crippen molar-refractivity contribution in [3.63, 3.8) is 0 Å². The van der Waals surface area contributed by atoms with E-state index in [1.807, 2.05) is 0 Å². The number of carbonyl (C=O) groups excluding carboxylic acids is 1. The highest BCUT2D eigenvalue weighted by Gasteiger charge is 2.09. The third kappa shape index (κ3) is 4.43. The molecular weight excluding hydrogens is 288 g/mol. The van der Waals surface area contributed by atoms with Crippen LogP contribution in [0.2, 0.25) is 5.02 Å². The number of nitrogens with zero attached hydrogens (tertiary/aromatic N) is 2. The average molecular weight is 305 g/mol. The molecule has 110 valence electrons. The molecule has 1 aromatic heterocycles. The van der Waals surface area contributed by atoms with Gasteiger partial charge in [0.1, 0.15) is 0 Å². The summed E-state index contributed by atoms with van der Waals surface area (Å²) in [4.78, 5) is 20.3. The third-order valence-corrected chi connectivity index (χ3v) is 3.18. The van der Waals surface area contributed by atoms with E-state index in [-0.39, 0.29) is 5.91 Å². The van der Waals surface area contributed by atoms with Gasteiger partial charge in [-0.25, -0.2) is 9.97 Å². The number of nitrogens with one attached hydrogen (secondary N) is 2. The lowest BCUT2D eigenvalue weighted by molar-refractivity contribution is 0.102. The van der Waals surface area contributed by atoms with Gasteiger partial charge in [0.15, 0.2) is 0 Å². The minimum atomic E-state index is -0.289. The molecule has 5 nitrogen and oxygen atoms in total. The number of halogens is 1. The maximum Gasteiger partial charge on any atom is 0.258 e. The van der Waals surface area contributed by atoms with E-state index >= 15 is 0 Å². The summed E-state index contributed by atoms with van der Waals surface area (Å²) < 4.78 is 0. The lowest BCUT2D eigenvalue weighted by Crippen LogP contribution is -2.14. The molecule has 6 heteroatoms. The Morgan fingerprint density at radius 2 is 1.95 bits per heavy atom. The molecule has 1 aromatic carbocycles. The van der Waals surface area contributed by atoms with Crippen molar-refractivity contribution >= 4 is 29.1 Å². The zero-order valence-corrected chi connectivity index (χ0v) is 12.5. The topological polar surface area (TPSA) is 66.9 Å². The first kappa shape index (κ1) is 15.3. The Balaban J connectivity index is 1.98. The zero-order valence-electron chi connectivity index (χ0n) is 11.8. The van der Waals surface area contributed by atoms with Gasteiger partial charge < -0.3 is 10.6 Å². The summed E-state index contributed by atoms with van der Waals surface area (Å²) >= 11 is 6.00. The Kier molecular flexibility index (Phi) is 5.51. The largest absolute Gasteiger partial charge is 0.354 e. The fourth-order valence-corrected chi connectivity index (χ4v) is 1.85. The molecule has 21 heavy (non-hydrogen) atoms. The fraction of sp³-hybridized carbons (Fsp3) is 0.267. The minimum Gasteiger partial charge on any atom is -0.354 e.